The smallest absolute Gasteiger partial charge is 0.317 e. The molecule has 1 unspecified atom stereocenters. The van der Waals surface area contributed by atoms with Crippen LogP contribution in [-0.4, -0.2) is 34.4 Å². The van der Waals surface area contributed by atoms with E-state index in [-0.39, 0.29) is 11.9 Å². The summed E-state index contributed by atoms with van der Waals surface area (Å²) in [6, 6.07) is 3.99. The predicted molar refractivity (Wildman–Crippen MR) is 97.0 cm³/mol. The van der Waals surface area contributed by atoms with Crippen LogP contribution in [0.25, 0.3) is 0 Å². The van der Waals surface area contributed by atoms with E-state index < -0.39 is 0 Å². The zero-order valence-electron chi connectivity index (χ0n) is 15.3. The highest BCUT2D eigenvalue weighted by molar-refractivity contribution is 5.87. The van der Waals surface area contributed by atoms with Crippen LogP contribution in [0.5, 0.6) is 0 Å². The van der Waals surface area contributed by atoms with Gasteiger partial charge in [-0.3, -0.25) is 4.79 Å². The molecule has 0 radical (unpaired) electrons. The van der Waals surface area contributed by atoms with Crippen molar-refractivity contribution in [3.63, 3.8) is 0 Å². The van der Waals surface area contributed by atoms with Gasteiger partial charge in [-0.05, 0) is 30.4 Å². The molecule has 2 aliphatic rings. The lowest BCUT2D eigenvalue weighted by Crippen LogP contribution is -2.68. The molecule has 1 aromatic heterocycles. The van der Waals surface area contributed by atoms with Crippen molar-refractivity contribution in [3.8, 4) is 0 Å². The van der Waals surface area contributed by atoms with Gasteiger partial charge in [-0.2, -0.15) is 0 Å². The molecule has 3 rings (SSSR count). The Kier molecular flexibility index (Phi) is 4.97. The van der Waals surface area contributed by atoms with E-state index in [0.717, 1.165) is 12.1 Å². The van der Waals surface area contributed by atoms with Crippen molar-refractivity contribution in [2.75, 3.05) is 11.9 Å². The number of nitrogens with one attached hydrogen (secondary N) is 2. The van der Waals surface area contributed by atoms with Crippen molar-refractivity contribution >= 4 is 17.8 Å². The lowest BCUT2D eigenvalue weighted by Gasteiger charge is -2.58. The summed E-state index contributed by atoms with van der Waals surface area (Å²) in [5.74, 6) is 0.858. The number of urea groups is 1. The molecule has 136 valence electrons. The highest BCUT2D eigenvalue weighted by Crippen LogP contribution is 2.52. The van der Waals surface area contributed by atoms with Crippen molar-refractivity contribution in [2.24, 2.45) is 11.3 Å². The predicted octanol–water partition coefficient (Wildman–Crippen LogP) is 3.15. The van der Waals surface area contributed by atoms with Gasteiger partial charge in [0.05, 0.1) is 0 Å². The molecule has 0 bridgehead atoms. The topological polar surface area (TPSA) is 74.3 Å². The van der Waals surface area contributed by atoms with E-state index in [1.165, 1.54) is 32.6 Å². The van der Waals surface area contributed by atoms with Crippen LogP contribution in [0.4, 0.5) is 10.6 Å². The summed E-state index contributed by atoms with van der Waals surface area (Å²) in [5, 5.41) is 5.65. The largest absolute Gasteiger partial charge is 0.334 e. The summed E-state index contributed by atoms with van der Waals surface area (Å²) in [6.07, 6.45) is 6.79. The Labute approximate surface area is 149 Å². The number of rotatable bonds is 4. The van der Waals surface area contributed by atoms with Crippen LogP contribution in [0.2, 0.25) is 0 Å². The molecule has 1 aromatic rings. The summed E-state index contributed by atoms with van der Waals surface area (Å²) in [6.45, 7) is 7.22. The van der Waals surface area contributed by atoms with E-state index in [2.05, 4.69) is 29.5 Å². The van der Waals surface area contributed by atoms with Gasteiger partial charge >= 0.3 is 6.03 Å². The third-order valence-electron chi connectivity index (χ3n) is 5.51. The quantitative estimate of drug-likeness (QED) is 0.881. The molecule has 1 spiro atoms. The molecule has 1 saturated heterocycles. The van der Waals surface area contributed by atoms with Crippen LogP contribution >= 0.6 is 0 Å². The average Bonchev–Trinajstić information content (AvgIpc) is 3.02. The molecule has 6 nitrogen and oxygen atoms in total. The molecule has 1 aliphatic heterocycles. The molecule has 2 N–H and O–H groups in total. The van der Waals surface area contributed by atoms with Gasteiger partial charge in [-0.15, -0.1) is 0 Å². The number of hydrogen-bond acceptors (Lipinski definition) is 3. The standard InChI is InChI=1S/C19H28N4O2/c1-13(2)17-19(8-4-5-9-19)12-23(17)18(25)21-11-15-6-7-16(20-10-15)22-14(3)24/h6-7,10,13,17H,4-5,8-9,11-12H2,1-3H3,(H,21,25)(H,20,22,24). The van der Waals surface area contributed by atoms with Crippen LogP contribution in [0.3, 0.4) is 0 Å². The monoisotopic (exact) mass is 344 g/mol. The first kappa shape index (κ1) is 17.7. The second-order valence-electron chi connectivity index (χ2n) is 7.78. The molecule has 1 atom stereocenters. The fourth-order valence-corrected chi connectivity index (χ4v) is 4.61. The Morgan fingerprint density at radius 3 is 2.60 bits per heavy atom. The SMILES string of the molecule is CC(=O)Nc1ccc(CNC(=O)N2CC3(CCCC3)C2C(C)C)cn1. The Hall–Kier alpha value is -2.11. The number of hydrogen-bond donors (Lipinski definition) is 2. The van der Waals surface area contributed by atoms with Crippen molar-refractivity contribution < 1.29 is 9.59 Å². The normalized spacial score (nSPS) is 21.3. The van der Waals surface area contributed by atoms with E-state index in [0.29, 0.717) is 29.7 Å². The van der Waals surface area contributed by atoms with Gasteiger partial charge in [0.1, 0.15) is 5.82 Å². The van der Waals surface area contributed by atoms with Gasteiger partial charge in [0.2, 0.25) is 5.91 Å². The highest BCUT2D eigenvalue weighted by Gasteiger charge is 2.56. The van der Waals surface area contributed by atoms with E-state index in [9.17, 15) is 9.59 Å². The molecule has 6 heteroatoms. The van der Waals surface area contributed by atoms with Crippen molar-refractivity contribution in [1.29, 1.82) is 0 Å². The van der Waals surface area contributed by atoms with Crippen LogP contribution in [0.15, 0.2) is 18.3 Å². The third-order valence-corrected chi connectivity index (χ3v) is 5.51. The zero-order chi connectivity index (χ0) is 18.0. The van der Waals surface area contributed by atoms with Crippen LogP contribution < -0.4 is 10.6 Å². The number of aromatic nitrogens is 1. The lowest BCUT2D eigenvalue weighted by molar-refractivity contribution is -0.114. The van der Waals surface area contributed by atoms with E-state index in [1.807, 2.05) is 11.0 Å². The summed E-state index contributed by atoms with van der Waals surface area (Å²) < 4.78 is 0. The highest BCUT2D eigenvalue weighted by atomic mass is 16.2. The number of anilines is 1. The summed E-state index contributed by atoms with van der Waals surface area (Å²) in [5.41, 5.74) is 1.28. The number of carbonyl (C=O) groups is 2. The van der Waals surface area contributed by atoms with Gasteiger partial charge in [0, 0.05) is 37.7 Å². The van der Waals surface area contributed by atoms with Crippen molar-refractivity contribution in [2.45, 2.75) is 59.0 Å². The minimum absolute atomic E-state index is 0.0159. The Morgan fingerprint density at radius 1 is 1.32 bits per heavy atom. The number of carbonyl (C=O) groups excluding carboxylic acids is 2. The molecule has 1 aliphatic carbocycles. The zero-order valence-corrected chi connectivity index (χ0v) is 15.3. The van der Waals surface area contributed by atoms with Gasteiger partial charge in [0.15, 0.2) is 0 Å². The summed E-state index contributed by atoms with van der Waals surface area (Å²) >= 11 is 0. The summed E-state index contributed by atoms with van der Waals surface area (Å²) in [7, 11) is 0. The molecule has 3 amide bonds. The average molecular weight is 344 g/mol. The molecule has 2 heterocycles. The van der Waals surface area contributed by atoms with Gasteiger partial charge in [-0.1, -0.05) is 32.8 Å². The maximum Gasteiger partial charge on any atom is 0.317 e. The first-order valence-corrected chi connectivity index (χ1v) is 9.18. The van der Waals surface area contributed by atoms with Crippen molar-refractivity contribution in [3.05, 3.63) is 23.9 Å². The van der Waals surface area contributed by atoms with E-state index in [1.54, 1.807) is 12.3 Å². The second kappa shape index (κ2) is 7.02. The number of pyridine rings is 1. The fraction of sp³-hybridized carbons (Fsp3) is 0.632. The number of amides is 3. The fourth-order valence-electron chi connectivity index (χ4n) is 4.61. The van der Waals surface area contributed by atoms with Crippen LogP contribution in [0, 0.1) is 11.3 Å². The number of likely N-dealkylation sites (tertiary alicyclic amines) is 1. The Balaban J connectivity index is 1.55. The van der Waals surface area contributed by atoms with Crippen LogP contribution in [-0.2, 0) is 11.3 Å². The van der Waals surface area contributed by atoms with Gasteiger partial charge < -0.3 is 15.5 Å². The second-order valence-corrected chi connectivity index (χ2v) is 7.78. The molecule has 25 heavy (non-hydrogen) atoms. The third kappa shape index (κ3) is 3.62. The number of nitrogens with zero attached hydrogens (tertiary/aromatic N) is 2. The van der Waals surface area contributed by atoms with E-state index >= 15 is 0 Å². The minimum Gasteiger partial charge on any atom is -0.334 e. The summed E-state index contributed by atoms with van der Waals surface area (Å²) in [4.78, 5) is 29.8. The minimum atomic E-state index is -0.146. The maximum atomic E-state index is 12.6. The Morgan fingerprint density at radius 2 is 2.04 bits per heavy atom. The molecule has 1 saturated carbocycles. The first-order chi connectivity index (χ1) is 11.9. The Bertz CT molecular complexity index is 635. The molecular formula is C19H28N4O2. The first-order valence-electron chi connectivity index (χ1n) is 9.18. The molecule has 2 fully saturated rings. The lowest BCUT2D eigenvalue weighted by atomic mass is 9.66. The molecule has 0 aromatic carbocycles. The van der Waals surface area contributed by atoms with Gasteiger partial charge in [0.25, 0.3) is 0 Å². The maximum absolute atomic E-state index is 12.6. The van der Waals surface area contributed by atoms with E-state index in [4.69, 9.17) is 0 Å². The molecular weight excluding hydrogens is 316 g/mol. The van der Waals surface area contributed by atoms with Crippen molar-refractivity contribution in [1.82, 2.24) is 15.2 Å². The van der Waals surface area contributed by atoms with Gasteiger partial charge in [-0.25, -0.2) is 9.78 Å². The van der Waals surface area contributed by atoms with Crippen LogP contribution in [0.1, 0.15) is 52.0 Å².